The Morgan fingerprint density at radius 3 is 2.45 bits per heavy atom. The highest BCUT2D eigenvalue weighted by Crippen LogP contribution is 2.10. The Kier molecular flexibility index (Phi) is 14.6. The first-order valence-corrected chi connectivity index (χ1v) is 7.13. The maximum Gasteiger partial charge on any atom is 0.222 e. The van der Waals surface area contributed by atoms with Gasteiger partial charge in [0.05, 0.1) is 12.7 Å². The monoisotopic (exact) mass is 284 g/mol. The number of rotatable bonds is 5. The summed E-state index contributed by atoms with van der Waals surface area (Å²) < 4.78 is 0. The Labute approximate surface area is 122 Å². The minimum atomic E-state index is -0.697. The largest absolute Gasteiger partial charge is 0.394 e. The summed E-state index contributed by atoms with van der Waals surface area (Å²) in [4.78, 5) is 14.8. The third-order valence-corrected chi connectivity index (χ3v) is 2.11. The summed E-state index contributed by atoms with van der Waals surface area (Å²) in [5.74, 6) is 0.337. The number of aromatic nitrogens is 1. The summed E-state index contributed by atoms with van der Waals surface area (Å²) in [6, 6.07) is 3.57. The summed E-state index contributed by atoms with van der Waals surface area (Å²) >= 11 is 0. The van der Waals surface area contributed by atoms with Crippen LogP contribution in [0.4, 0.5) is 5.82 Å². The third kappa shape index (κ3) is 10.5. The molecule has 0 fully saturated rings. The van der Waals surface area contributed by atoms with Gasteiger partial charge in [0.25, 0.3) is 0 Å². The Morgan fingerprint density at radius 1 is 1.35 bits per heavy atom. The number of aliphatic hydroxyl groups is 2. The molecule has 0 bridgehead atoms. The number of pyridine rings is 1. The van der Waals surface area contributed by atoms with Crippen LogP contribution in [0.25, 0.3) is 0 Å². The average molecular weight is 284 g/mol. The molecule has 0 aromatic carbocycles. The Morgan fingerprint density at radius 2 is 1.95 bits per heavy atom. The van der Waals surface area contributed by atoms with Crippen LogP contribution in [-0.2, 0) is 11.2 Å². The summed E-state index contributed by atoms with van der Waals surface area (Å²) in [7, 11) is 0. The molecule has 5 heteroatoms. The molecule has 0 aliphatic heterocycles. The molecule has 116 valence electrons. The van der Waals surface area contributed by atoms with Crippen LogP contribution in [0.1, 0.15) is 46.6 Å². The molecule has 20 heavy (non-hydrogen) atoms. The fourth-order valence-corrected chi connectivity index (χ4v) is 1.30. The summed E-state index contributed by atoms with van der Waals surface area (Å²) in [5, 5.41) is 20.5. The molecule has 0 saturated heterocycles. The van der Waals surface area contributed by atoms with Gasteiger partial charge < -0.3 is 15.5 Å². The molecule has 5 nitrogen and oxygen atoms in total. The van der Waals surface area contributed by atoms with Gasteiger partial charge in [-0.05, 0) is 30.5 Å². The number of hydrogen-bond acceptors (Lipinski definition) is 4. The van der Waals surface area contributed by atoms with Gasteiger partial charge >= 0.3 is 0 Å². The number of nitrogens with one attached hydrogen (secondary N) is 1. The van der Waals surface area contributed by atoms with Gasteiger partial charge in [0.1, 0.15) is 5.82 Å². The zero-order valence-corrected chi connectivity index (χ0v) is 13.2. The summed E-state index contributed by atoms with van der Waals surface area (Å²) in [5.41, 5.74) is 0.964. The number of aryl methyl sites for hydroxylation is 1. The van der Waals surface area contributed by atoms with Crippen molar-refractivity contribution in [2.45, 2.75) is 53.6 Å². The molecule has 0 saturated carbocycles. The van der Waals surface area contributed by atoms with Crippen molar-refractivity contribution in [3.05, 3.63) is 23.9 Å². The number of nitrogens with zero attached hydrogens (tertiary/aromatic N) is 1. The van der Waals surface area contributed by atoms with E-state index in [0.29, 0.717) is 18.7 Å². The zero-order chi connectivity index (χ0) is 16.0. The standard InChI is InChI=1S/C11H16N2O3.2C2H6/c1-8(15)13-11-6-9(4-5-12-11)2-3-10(16)7-14;2*1-2/h4-6,10,14,16H,2-3,7H2,1H3,(H,12,13,15);2*1-2H3. The van der Waals surface area contributed by atoms with Gasteiger partial charge in [-0.2, -0.15) is 0 Å². The van der Waals surface area contributed by atoms with Crippen molar-refractivity contribution in [2.24, 2.45) is 0 Å². The Bertz CT molecular complexity index is 357. The lowest BCUT2D eigenvalue weighted by Crippen LogP contribution is -2.13. The summed E-state index contributed by atoms with van der Waals surface area (Å²) in [6.45, 7) is 9.19. The van der Waals surface area contributed by atoms with E-state index in [0.717, 1.165) is 5.56 Å². The van der Waals surface area contributed by atoms with Crippen LogP contribution >= 0.6 is 0 Å². The highest BCUT2D eigenvalue weighted by Gasteiger charge is 2.04. The SMILES string of the molecule is CC.CC.CC(=O)Nc1cc(CCC(O)CO)ccn1. The lowest BCUT2D eigenvalue weighted by atomic mass is 10.1. The molecule has 1 aromatic heterocycles. The van der Waals surface area contributed by atoms with E-state index in [1.165, 1.54) is 6.92 Å². The average Bonchev–Trinajstić information content (AvgIpc) is 2.48. The topological polar surface area (TPSA) is 82.5 Å². The highest BCUT2D eigenvalue weighted by atomic mass is 16.3. The van der Waals surface area contributed by atoms with Crippen LogP contribution in [0.3, 0.4) is 0 Å². The number of carbonyl (C=O) groups is 1. The van der Waals surface area contributed by atoms with E-state index >= 15 is 0 Å². The second kappa shape index (κ2) is 14.0. The third-order valence-electron chi connectivity index (χ3n) is 2.11. The van der Waals surface area contributed by atoms with Crippen molar-refractivity contribution in [2.75, 3.05) is 11.9 Å². The van der Waals surface area contributed by atoms with E-state index in [-0.39, 0.29) is 12.5 Å². The fourth-order valence-electron chi connectivity index (χ4n) is 1.30. The lowest BCUT2D eigenvalue weighted by molar-refractivity contribution is -0.114. The molecular formula is C15H28N2O3. The molecular weight excluding hydrogens is 256 g/mol. The first-order chi connectivity index (χ1) is 9.61. The van der Waals surface area contributed by atoms with Crippen LogP contribution in [0.5, 0.6) is 0 Å². The van der Waals surface area contributed by atoms with Crippen molar-refractivity contribution in [1.82, 2.24) is 4.98 Å². The first kappa shape index (κ1) is 20.8. The van der Waals surface area contributed by atoms with Crippen LogP contribution < -0.4 is 5.32 Å². The predicted molar refractivity (Wildman–Crippen MR) is 82.7 cm³/mol. The van der Waals surface area contributed by atoms with E-state index in [9.17, 15) is 9.90 Å². The van der Waals surface area contributed by atoms with Gasteiger partial charge in [0, 0.05) is 13.1 Å². The second-order valence-corrected chi connectivity index (χ2v) is 3.61. The quantitative estimate of drug-likeness (QED) is 0.775. The van der Waals surface area contributed by atoms with E-state index in [1.807, 2.05) is 33.8 Å². The zero-order valence-electron chi connectivity index (χ0n) is 13.2. The highest BCUT2D eigenvalue weighted by molar-refractivity contribution is 5.87. The molecule has 0 aliphatic carbocycles. The fraction of sp³-hybridized carbons (Fsp3) is 0.600. The van der Waals surface area contributed by atoms with E-state index in [1.54, 1.807) is 12.3 Å². The molecule has 0 spiro atoms. The number of hydrogen-bond donors (Lipinski definition) is 3. The molecule has 1 heterocycles. The van der Waals surface area contributed by atoms with Crippen molar-refractivity contribution in [3.63, 3.8) is 0 Å². The van der Waals surface area contributed by atoms with Crippen molar-refractivity contribution >= 4 is 11.7 Å². The Balaban J connectivity index is 0. The van der Waals surface area contributed by atoms with Gasteiger partial charge in [-0.25, -0.2) is 4.98 Å². The van der Waals surface area contributed by atoms with Crippen LogP contribution in [0.15, 0.2) is 18.3 Å². The lowest BCUT2D eigenvalue weighted by Gasteiger charge is -2.07. The number of anilines is 1. The van der Waals surface area contributed by atoms with E-state index in [4.69, 9.17) is 5.11 Å². The van der Waals surface area contributed by atoms with Crippen molar-refractivity contribution in [3.8, 4) is 0 Å². The van der Waals surface area contributed by atoms with Gasteiger partial charge in [0.15, 0.2) is 0 Å². The van der Waals surface area contributed by atoms with E-state index < -0.39 is 6.10 Å². The number of carbonyl (C=O) groups excluding carboxylic acids is 1. The summed E-state index contributed by atoms with van der Waals surface area (Å²) in [6.07, 6.45) is 2.03. The molecule has 3 N–H and O–H groups in total. The molecule has 1 aromatic rings. The predicted octanol–water partition coefficient (Wildman–Crippen LogP) is 2.38. The normalized spacial score (nSPS) is 10.3. The Hall–Kier alpha value is -1.46. The minimum absolute atomic E-state index is 0.167. The molecule has 1 amide bonds. The van der Waals surface area contributed by atoms with Gasteiger partial charge in [-0.3, -0.25) is 4.79 Å². The maximum atomic E-state index is 10.8. The molecule has 0 aliphatic rings. The molecule has 1 atom stereocenters. The smallest absolute Gasteiger partial charge is 0.222 e. The van der Waals surface area contributed by atoms with Crippen molar-refractivity contribution < 1.29 is 15.0 Å². The first-order valence-electron chi connectivity index (χ1n) is 7.13. The molecule has 1 rings (SSSR count). The van der Waals surface area contributed by atoms with E-state index in [2.05, 4.69) is 10.3 Å². The minimum Gasteiger partial charge on any atom is -0.394 e. The van der Waals surface area contributed by atoms with Crippen LogP contribution in [-0.4, -0.2) is 33.8 Å². The van der Waals surface area contributed by atoms with Gasteiger partial charge in [-0.1, -0.05) is 27.7 Å². The maximum absolute atomic E-state index is 10.8. The van der Waals surface area contributed by atoms with Gasteiger partial charge in [-0.15, -0.1) is 0 Å². The van der Waals surface area contributed by atoms with Crippen LogP contribution in [0.2, 0.25) is 0 Å². The number of aliphatic hydroxyl groups excluding tert-OH is 2. The second-order valence-electron chi connectivity index (χ2n) is 3.61. The molecule has 0 radical (unpaired) electrons. The molecule has 1 unspecified atom stereocenters. The number of amides is 1. The van der Waals surface area contributed by atoms with Gasteiger partial charge in [0.2, 0.25) is 5.91 Å². The van der Waals surface area contributed by atoms with Crippen LogP contribution in [0, 0.1) is 0 Å². The van der Waals surface area contributed by atoms with Crippen molar-refractivity contribution in [1.29, 1.82) is 0 Å².